The molecule has 0 unspecified atom stereocenters. The van der Waals surface area contributed by atoms with Crippen LogP contribution in [0.1, 0.15) is 48.8 Å². The topological polar surface area (TPSA) is 83.9 Å². The lowest BCUT2D eigenvalue weighted by molar-refractivity contribution is 0.0926. The minimum atomic E-state index is -0.117. The number of aromatic nitrogens is 4. The summed E-state index contributed by atoms with van der Waals surface area (Å²) in [6.07, 6.45) is 8.84. The summed E-state index contributed by atoms with van der Waals surface area (Å²) in [5, 5.41) is 3.09. The van der Waals surface area contributed by atoms with Crippen LogP contribution in [0, 0.1) is 0 Å². The highest BCUT2D eigenvalue weighted by molar-refractivity contribution is 5.92. The molecule has 1 saturated heterocycles. The van der Waals surface area contributed by atoms with Gasteiger partial charge < -0.3 is 10.2 Å². The molecule has 1 N–H and O–H groups in total. The minimum absolute atomic E-state index is 0.117. The van der Waals surface area contributed by atoms with Crippen LogP contribution in [0.2, 0.25) is 0 Å². The van der Waals surface area contributed by atoms with Crippen molar-refractivity contribution in [3.05, 3.63) is 66.5 Å². The van der Waals surface area contributed by atoms with E-state index in [1.165, 1.54) is 0 Å². The zero-order valence-electron chi connectivity index (χ0n) is 17.3. The highest BCUT2D eigenvalue weighted by atomic mass is 16.1. The summed E-state index contributed by atoms with van der Waals surface area (Å²) in [5.41, 5.74) is 3.62. The molecule has 1 amide bonds. The van der Waals surface area contributed by atoms with Gasteiger partial charge in [0.15, 0.2) is 0 Å². The molecular formula is C23H26N6O. The van der Waals surface area contributed by atoms with Crippen LogP contribution in [0.3, 0.4) is 0 Å². The van der Waals surface area contributed by atoms with E-state index in [0.29, 0.717) is 5.69 Å². The second kappa shape index (κ2) is 8.98. The smallest absolute Gasteiger partial charge is 0.270 e. The number of anilines is 1. The first-order valence-corrected chi connectivity index (χ1v) is 10.4. The molecule has 3 aromatic heterocycles. The van der Waals surface area contributed by atoms with Crippen molar-refractivity contribution < 1.29 is 4.79 Å². The normalized spacial score (nSPS) is 14.7. The van der Waals surface area contributed by atoms with Crippen molar-refractivity contribution >= 4 is 11.9 Å². The monoisotopic (exact) mass is 402 g/mol. The molecular weight excluding hydrogens is 376 g/mol. The predicted molar refractivity (Wildman–Crippen MR) is 116 cm³/mol. The van der Waals surface area contributed by atoms with Gasteiger partial charge in [-0.25, -0.2) is 9.97 Å². The molecule has 1 fully saturated rings. The predicted octanol–water partition coefficient (Wildman–Crippen LogP) is 3.46. The second-order valence-corrected chi connectivity index (χ2v) is 7.81. The lowest BCUT2D eigenvalue weighted by Gasteiger charge is -2.32. The number of carbonyl (C=O) groups excluding carboxylic acids is 1. The van der Waals surface area contributed by atoms with E-state index in [4.69, 9.17) is 4.98 Å². The van der Waals surface area contributed by atoms with Gasteiger partial charge in [0.05, 0.1) is 5.69 Å². The Morgan fingerprint density at radius 3 is 2.50 bits per heavy atom. The maximum absolute atomic E-state index is 12.3. The summed E-state index contributed by atoms with van der Waals surface area (Å²) >= 11 is 0. The van der Waals surface area contributed by atoms with Crippen molar-refractivity contribution in [2.24, 2.45) is 0 Å². The summed E-state index contributed by atoms with van der Waals surface area (Å²) in [7, 11) is 0. The Labute approximate surface area is 176 Å². The fourth-order valence-corrected chi connectivity index (χ4v) is 3.71. The van der Waals surface area contributed by atoms with Crippen LogP contribution in [-0.4, -0.2) is 45.0 Å². The van der Waals surface area contributed by atoms with Gasteiger partial charge in [0.25, 0.3) is 5.91 Å². The molecule has 1 aliphatic heterocycles. The fourth-order valence-electron chi connectivity index (χ4n) is 3.71. The van der Waals surface area contributed by atoms with E-state index in [1.807, 2.05) is 24.4 Å². The second-order valence-electron chi connectivity index (χ2n) is 7.81. The summed E-state index contributed by atoms with van der Waals surface area (Å²) in [4.78, 5) is 32.3. The Kier molecular flexibility index (Phi) is 5.97. The Morgan fingerprint density at radius 2 is 1.83 bits per heavy atom. The van der Waals surface area contributed by atoms with Gasteiger partial charge >= 0.3 is 0 Å². The lowest BCUT2D eigenvalue weighted by atomic mass is 10.00. The van der Waals surface area contributed by atoms with E-state index in [0.717, 1.165) is 48.7 Å². The van der Waals surface area contributed by atoms with E-state index in [9.17, 15) is 4.79 Å². The highest BCUT2D eigenvalue weighted by Crippen LogP contribution is 2.29. The summed E-state index contributed by atoms with van der Waals surface area (Å²) in [6, 6.07) is 9.47. The number of hydrogen-bond donors (Lipinski definition) is 1. The maximum atomic E-state index is 12.3. The molecule has 0 saturated carbocycles. The van der Waals surface area contributed by atoms with Gasteiger partial charge in [0.1, 0.15) is 5.69 Å². The Bertz CT molecular complexity index is 985. The van der Waals surface area contributed by atoms with Gasteiger partial charge in [-0.05, 0) is 48.6 Å². The largest absolute Gasteiger partial charge is 0.348 e. The Balaban J connectivity index is 1.43. The number of rotatable bonds is 5. The molecule has 4 rings (SSSR count). The van der Waals surface area contributed by atoms with Crippen molar-refractivity contribution in [2.75, 3.05) is 18.0 Å². The van der Waals surface area contributed by atoms with Crippen LogP contribution in [0.4, 0.5) is 5.95 Å². The number of piperidine rings is 1. The average molecular weight is 403 g/mol. The van der Waals surface area contributed by atoms with Crippen LogP contribution >= 0.6 is 0 Å². The maximum Gasteiger partial charge on any atom is 0.270 e. The van der Waals surface area contributed by atoms with E-state index in [2.05, 4.69) is 39.0 Å². The first-order chi connectivity index (χ1) is 14.6. The van der Waals surface area contributed by atoms with Crippen molar-refractivity contribution in [1.82, 2.24) is 25.3 Å². The van der Waals surface area contributed by atoms with E-state index < -0.39 is 0 Å². The number of nitrogens with one attached hydrogen (secondary N) is 1. The molecule has 0 aliphatic carbocycles. The van der Waals surface area contributed by atoms with Gasteiger partial charge in [-0.2, -0.15) is 0 Å². The molecule has 0 aromatic carbocycles. The van der Waals surface area contributed by atoms with E-state index in [1.54, 1.807) is 30.7 Å². The zero-order valence-corrected chi connectivity index (χ0v) is 17.3. The minimum Gasteiger partial charge on any atom is -0.348 e. The molecule has 30 heavy (non-hydrogen) atoms. The van der Waals surface area contributed by atoms with Gasteiger partial charge in [-0.3, -0.25) is 14.8 Å². The van der Waals surface area contributed by atoms with Gasteiger partial charge in [-0.1, -0.05) is 19.9 Å². The van der Waals surface area contributed by atoms with E-state index >= 15 is 0 Å². The van der Waals surface area contributed by atoms with Crippen LogP contribution in [0.5, 0.6) is 0 Å². The number of pyridine rings is 2. The van der Waals surface area contributed by atoms with Crippen LogP contribution in [-0.2, 0) is 0 Å². The third-order valence-electron chi connectivity index (χ3n) is 5.35. The first-order valence-electron chi connectivity index (χ1n) is 10.4. The average Bonchev–Trinajstić information content (AvgIpc) is 2.80. The molecule has 1 aliphatic rings. The molecule has 7 nitrogen and oxygen atoms in total. The van der Waals surface area contributed by atoms with Crippen molar-refractivity contribution in [3.63, 3.8) is 0 Å². The molecule has 0 radical (unpaired) electrons. The van der Waals surface area contributed by atoms with Crippen LogP contribution in [0.15, 0.2) is 55.1 Å². The third-order valence-corrected chi connectivity index (χ3v) is 5.35. The van der Waals surface area contributed by atoms with Gasteiger partial charge in [0, 0.05) is 49.5 Å². The molecule has 0 bridgehead atoms. The zero-order chi connectivity index (χ0) is 20.9. The summed E-state index contributed by atoms with van der Waals surface area (Å²) < 4.78 is 0. The highest BCUT2D eigenvalue weighted by Gasteiger charge is 2.24. The molecule has 154 valence electrons. The van der Waals surface area contributed by atoms with E-state index in [-0.39, 0.29) is 17.9 Å². The van der Waals surface area contributed by atoms with Crippen LogP contribution in [0.25, 0.3) is 11.1 Å². The Hall–Kier alpha value is -3.35. The number of nitrogens with zero attached hydrogens (tertiary/aromatic N) is 5. The number of carbonyl (C=O) groups is 1. The van der Waals surface area contributed by atoms with Crippen molar-refractivity contribution in [2.45, 2.75) is 38.6 Å². The third kappa shape index (κ3) is 4.45. The molecule has 7 heteroatoms. The van der Waals surface area contributed by atoms with Crippen molar-refractivity contribution in [3.8, 4) is 11.1 Å². The van der Waals surface area contributed by atoms with Crippen molar-refractivity contribution in [1.29, 1.82) is 0 Å². The van der Waals surface area contributed by atoms with Gasteiger partial charge in [-0.15, -0.1) is 0 Å². The molecule has 4 heterocycles. The summed E-state index contributed by atoms with van der Waals surface area (Å²) in [5.74, 6) is 0.922. The van der Waals surface area contributed by atoms with Gasteiger partial charge in [0.2, 0.25) is 5.95 Å². The summed E-state index contributed by atoms with van der Waals surface area (Å²) in [6.45, 7) is 5.91. The standard InChI is InChI=1S/C23H26N6O/c1-16(2)21-19(17-6-11-24-12-7-17)15-26-23(28-21)29-13-8-18(9-14-29)27-22(30)20-5-3-4-10-25-20/h3-7,10-12,15-16,18H,8-9,13-14H2,1-2H3,(H,27,30). The molecule has 0 atom stereocenters. The first kappa shape index (κ1) is 19.9. The number of hydrogen-bond acceptors (Lipinski definition) is 6. The lowest BCUT2D eigenvalue weighted by Crippen LogP contribution is -2.45. The molecule has 3 aromatic rings. The van der Waals surface area contributed by atoms with Crippen LogP contribution < -0.4 is 10.2 Å². The SMILES string of the molecule is CC(C)c1nc(N2CCC(NC(=O)c3ccccn3)CC2)ncc1-c1ccncc1. The molecule has 0 spiro atoms. The number of amides is 1. The quantitative estimate of drug-likeness (QED) is 0.704. The fraction of sp³-hybridized carbons (Fsp3) is 0.348. The Morgan fingerprint density at radius 1 is 1.07 bits per heavy atom.